The van der Waals surface area contributed by atoms with Gasteiger partial charge >= 0.3 is 0 Å². The average Bonchev–Trinajstić information content (AvgIpc) is 2.54. The molecule has 0 aliphatic rings. The zero-order valence-electron chi connectivity index (χ0n) is 13.7. The number of aryl methyl sites for hydroxylation is 1. The van der Waals surface area contributed by atoms with E-state index in [-0.39, 0.29) is 16.5 Å². The van der Waals surface area contributed by atoms with Gasteiger partial charge in [-0.2, -0.15) is 8.42 Å². The zero-order valence-corrected chi connectivity index (χ0v) is 14.5. The van der Waals surface area contributed by atoms with Crippen LogP contribution in [-0.2, 0) is 14.3 Å². The Morgan fingerprint density at radius 2 is 1.54 bits per heavy atom. The first-order valence-corrected chi connectivity index (χ1v) is 8.86. The van der Waals surface area contributed by atoms with Crippen LogP contribution in [0.1, 0.15) is 30.9 Å². The van der Waals surface area contributed by atoms with Gasteiger partial charge in [-0.1, -0.05) is 36.8 Å². The highest BCUT2D eigenvalue weighted by Gasteiger charge is 2.24. The Kier molecular flexibility index (Phi) is 5.36. The van der Waals surface area contributed by atoms with E-state index in [1.165, 1.54) is 24.3 Å². The minimum Gasteiger partial charge on any atom is -0.263 e. The summed E-state index contributed by atoms with van der Waals surface area (Å²) in [5, 5.41) is 10.7. The molecule has 0 spiro atoms. The highest BCUT2D eigenvalue weighted by atomic mass is 32.2. The Balaban J connectivity index is 2.14. The Morgan fingerprint density at radius 1 is 1.00 bits per heavy atom. The highest BCUT2D eigenvalue weighted by molar-refractivity contribution is 7.86. The molecule has 0 aliphatic carbocycles. The largest absolute Gasteiger partial charge is 0.297 e. The molecule has 7 heteroatoms. The number of hydrogen-bond acceptors (Lipinski definition) is 5. The predicted octanol–water partition coefficient (Wildman–Crippen LogP) is 3.80. The van der Waals surface area contributed by atoms with Gasteiger partial charge in [0, 0.05) is 18.1 Å². The summed E-state index contributed by atoms with van der Waals surface area (Å²) in [6.07, 6.45) is -0.613. The molecule has 2 rings (SSSR count). The first-order chi connectivity index (χ1) is 11.2. The second-order valence-corrected chi connectivity index (χ2v) is 7.28. The molecule has 2 aromatic rings. The quantitative estimate of drug-likeness (QED) is 0.450. The van der Waals surface area contributed by atoms with Gasteiger partial charge in [0.1, 0.15) is 0 Å². The van der Waals surface area contributed by atoms with E-state index < -0.39 is 21.1 Å². The molecule has 0 N–H and O–H groups in total. The first-order valence-electron chi connectivity index (χ1n) is 7.45. The second kappa shape index (κ2) is 7.11. The van der Waals surface area contributed by atoms with Crippen LogP contribution >= 0.6 is 0 Å². The summed E-state index contributed by atoms with van der Waals surface area (Å²) in [5.74, 6) is -0.244. The Labute approximate surface area is 141 Å². The maximum absolute atomic E-state index is 12.3. The summed E-state index contributed by atoms with van der Waals surface area (Å²) in [5.41, 5.74) is 1.72. The van der Waals surface area contributed by atoms with Gasteiger partial charge in [0.05, 0.1) is 15.9 Å². The van der Waals surface area contributed by atoms with Crippen LogP contribution in [0, 0.1) is 17.0 Å². The molecule has 0 bridgehead atoms. The Bertz CT molecular complexity index is 813. The van der Waals surface area contributed by atoms with E-state index >= 15 is 0 Å². The number of nitrogens with zero attached hydrogens (tertiary/aromatic N) is 1. The summed E-state index contributed by atoms with van der Waals surface area (Å²) in [6, 6.07) is 12.4. The van der Waals surface area contributed by atoms with Crippen LogP contribution in [0.25, 0.3) is 0 Å². The van der Waals surface area contributed by atoms with E-state index in [0.29, 0.717) is 0 Å². The van der Waals surface area contributed by atoms with Crippen molar-refractivity contribution in [2.24, 2.45) is 0 Å². The smallest absolute Gasteiger partial charge is 0.263 e. The molecule has 2 aromatic carbocycles. The fourth-order valence-electron chi connectivity index (χ4n) is 2.21. The number of nitro groups is 1. The van der Waals surface area contributed by atoms with Gasteiger partial charge in [0.25, 0.3) is 15.8 Å². The molecule has 0 aliphatic heterocycles. The molecule has 128 valence electrons. The van der Waals surface area contributed by atoms with E-state index in [1.54, 1.807) is 31.2 Å². The Morgan fingerprint density at radius 3 is 2.04 bits per heavy atom. The Hall–Kier alpha value is -2.25. The summed E-state index contributed by atoms with van der Waals surface area (Å²) < 4.78 is 29.9. The van der Waals surface area contributed by atoms with Crippen molar-refractivity contribution in [2.45, 2.75) is 37.7 Å². The molecule has 6 nitrogen and oxygen atoms in total. The molecule has 0 aromatic heterocycles. The summed E-state index contributed by atoms with van der Waals surface area (Å²) in [6.45, 7) is 5.35. The number of nitro benzene ring substituents is 1. The minimum atomic E-state index is -3.86. The van der Waals surface area contributed by atoms with Gasteiger partial charge in [-0.3, -0.25) is 14.3 Å². The fourth-order valence-corrected chi connectivity index (χ4v) is 3.36. The van der Waals surface area contributed by atoms with Crippen LogP contribution in [0.15, 0.2) is 53.4 Å². The van der Waals surface area contributed by atoms with E-state index in [0.717, 1.165) is 11.1 Å². The zero-order chi connectivity index (χ0) is 17.9. The van der Waals surface area contributed by atoms with Crippen molar-refractivity contribution >= 4 is 15.8 Å². The summed E-state index contributed by atoms with van der Waals surface area (Å²) >= 11 is 0. The maximum atomic E-state index is 12.3. The number of hydrogen-bond donors (Lipinski definition) is 0. The van der Waals surface area contributed by atoms with E-state index in [4.69, 9.17) is 4.18 Å². The standard InChI is InChI=1S/C17H19NO5S/c1-12-4-10-17(11-5-12)24(21,22)23-14(3)13(2)15-6-8-16(9-7-15)18(19)20/h4-11,13-14H,1-3H3/t13-,14+/m0/s1. The third-order valence-corrected chi connectivity index (χ3v) is 5.33. The molecule has 0 fully saturated rings. The molecular formula is C17H19NO5S. The monoisotopic (exact) mass is 349 g/mol. The van der Waals surface area contributed by atoms with Crippen LogP contribution in [0.4, 0.5) is 5.69 Å². The number of rotatable bonds is 6. The van der Waals surface area contributed by atoms with E-state index in [2.05, 4.69) is 0 Å². The van der Waals surface area contributed by atoms with Crippen molar-refractivity contribution in [3.63, 3.8) is 0 Å². The van der Waals surface area contributed by atoms with Crippen molar-refractivity contribution in [2.75, 3.05) is 0 Å². The second-order valence-electron chi connectivity index (χ2n) is 5.71. The van der Waals surface area contributed by atoms with Gasteiger partial charge < -0.3 is 0 Å². The molecule has 24 heavy (non-hydrogen) atoms. The fraction of sp³-hybridized carbons (Fsp3) is 0.294. The van der Waals surface area contributed by atoms with Crippen LogP contribution in [0.3, 0.4) is 0 Å². The lowest BCUT2D eigenvalue weighted by molar-refractivity contribution is -0.384. The van der Waals surface area contributed by atoms with Crippen molar-refractivity contribution < 1.29 is 17.5 Å². The van der Waals surface area contributed by atoms with Gasteiger partial charge in [-0.05, 0) is 31.5 Å². The molecule has 2 atom stereocenters. The molecule has 0 saturated carbocycles. The van der Waals surface area contributed by atoms with Gasteiger partial charge in [-0.25, -0.2) is 0 Å². The van der Waals surface area contributed by atoms with Crippen LogP contribution in [0.2, 0.25) is 0 Å². The third-order valence-electron chi connectivity index (χ3n) is 3.92. The number of benzene rings is 2. The molecule has 0 heterocycles. The predicted molar refractivity (Wildman–Crippen MR) is 90.4 cm³/mol. The average molecular weight is 349 g/mol. The molecular weight excluding hydrogens is 330 g/mol. The van der Waals surface area contributed by atoms with Crippen LogP contribution in [-0.4, -0.2) is 19.4 Å². The molecule has 0 unspecified atom stereocenters. The van der Waals surface area contributed by atoms with Crippen LogP contribution < -0.4 is 0 Å². The van der Waals surface area contributed by atoms with Crippen molar-refractivity contribution in [3.8, 4) is 0 Å². The normalized spacial score (nSPS) is 14.1. The molecule has 0 amide bonds. The van der Waals surface area contributed by atoms with Gasteiger partial charge in [-0.15, -0.1) is 0 Å². The topological polar surface area (TPSA) is 86.5 Å². The lowest BCUT2D eigenvalue weighted by Gasteiger charge is -2.20. The summed E-state index contributed by atoms with van der Waals surface area (Å²) in [7, 11) is -3.86. The first kappa shape index (κ1) is 18.1. The van der Waals surface area contributed by atoms with Crippen molar-refractivity contribution in [1.29, 1.82) is 0 Å². The summed E-state index contributed by atoms with van der Waals surface area (Å²) in [4.78, 5) is 10.3. The maximum Gasteiger partial charge on any atom is 0.297 e. The molecule has 0 radical (unpaired) electrons. The minimum absolute atomic E-state index is 0.00759. The highest BCUT2D eigenvalue weighted by Crippen LogP contribution is 2.26. The SMILES string of the molecule is Cc1ccc(S(=O)(=O)O[C@H](C)[C@H](C)c2ccc([N+](=O)[O-])cc2)cc1. The van der Waals surface area contributed by atoms with Gasteiger partial charge in [0.2, 0.25) is 0 Å². The van der Waals surface area contributed by atoms with E-state index in [1.807, 2.05) is 13.8 Å². The lowest BCUT2D eigenvalue weighted by atomic mass is 9.96. The van der Waals surface area contributed by atoms with Crippen molar-refractivity contribution in [3.05, 3.63) is 69.8 Å². The third kappa shape index (κ3) is 4.18. The number of non-ortho nitro benzene ring substituents is 1. The van der Waals surface area contributed by atoms with E-state index in [9.17, 15) is 18.5 Å². The molecule has 0 saturated heterocycles. The van der Waals surface area contributed by atoms with Gasteiger partial charge in [0.15, 0.2) is 0 Å². The van der Waals surface area contributed by atoms with Crippen LogP contribution in [0.5, 0.6) is 0 Å². The van der Waals surface area contributed by atoms with Crippen molar-refractivity contribution in [1.82, 2.24) is 0 Å². The lowest BCUT2D eigenvalue weighted by Crippen LogP contribution is -2.21.